The van der Waals surface area contributed by atoms with E-state index in [0.717, 1.165) is 97.2 Å². The van der Waals surface area contributed by atoms with Crippen LogP contribution >= 0.6 is 0 Å². The van der Waals surface area contributed by atoms with E-state index in [2.05, 4.69) is 72.2 Å². The number of aryl methyl sites for hydroxylation is 2. The van der Waals surface area contributed by atoms with Crippen molar-refractivity contribution < 1.29 is 8.78 Å². The topological polar surface area (TPSA) is 93.0 Å². The molecule has 62 heavy (non-hydrogen) atoms. The number of benzene rings is 2. The van der Waals surface area contributed by atoms with Crippen LogP contribution in [0.15, 0.2) is 108 Å². The molecule has 6 aliphatic rings. The van der Waals surface area contributed by atoms with Crippen molar-refractivity contribution in [1.29, 1.82) is 0 Å². The van der Waals surface area contributed by atoms with Crippen molar-refractivity contribution in [3.63, 3.8) is 0 Å². The second-order valence-electron chi connectivity index (χ2n) is 19.1. The predicted octanol–water partition coefficient (Wildman–Crippen LogP) is 11.8. The maximum absolute atomic E-state index is 13.4. The van der Waals surface area contributed by atoms with Crippen molar-refractivity contribution in [3.8, 4) is 11.4 Å². The minimum Gasteiger partial charge on any atom is -0.346 e. The summed E-state index contributed by atoms with van der Waals surface area (Å²) in [7, 11) is 0. The molecule has 0 unspecified atom stereocenters. The van der Waals surface area contributed by atoms with E-state index in [-0.39, 0.29) is 22.5 Å². The highest BCUT2D eigenvalue weighted by Gasteiger charge is 2.49. The first-order valence-corrected chi connectivity index (χ1v) is 22.6. The molecule has 0 aliphatic heterocycles. The van der Waals surface area contributed by atoms with Crippen LogP contribution in [-0.4, -0.2) is 39.5 Å². The van der Waals surface area contributed by atoms with Gasteiger partial charge in [-0.05, 0) is 162 Å². The van der Waals surface area contributed by atoms with Crippen LogP contribution in [-0.2, 0) is 12.8 Å². The third-order valence-electron chi connectivity index (χ3n) is 15.4. The zero-order valence-corrected chi connectivity index (χ0v) is 36.1. The Labute approximate surface area is 362 Å². The Kier molecular flexibility index (Phi) is 9.36. The predicted molar refractivity (Wildman–Crippen MR) is 239 cm³/mol. The SMILES string of the molecule is Cc1cnc([C@@H]2CCC=C3[C@@H]2CCC2=Cc4c(cnn4-c4ccc(F)cc4)C[C@@]23C)[nH]1.Cc1cnc([C@H]2CCC=C3[C@@H]2CCC2=Cc4c(cnn4-c4ccc(F)cc4)C[C@@]23C)[nH]1. The van der Waals surface area contributed by atoms with Crippen LogP contribution in [0, 0.1) is 48.1 Å². The summed E-state index contributed by atoms with van der Waals surface area (Å²) in [5.74, 6) is 3.93. The molecule has 316 valence electrons. The van der Waals surface area contributed by atoms with Crippen molar-refractivity contribution >= 4 is 12.2 Å². The van der Waals surface area contributed by atoms with Gasteiger partial charge in [-0.1, -0.05) is 48.3 Å². The molecule has 10 heteroatoms. The number of hydrogen-bond donors (Lipinski definition) is 2. The fourth-order valence-corrected chi connectivity index (χ4v) is 12.3. The number of H-pyrrole nitrogens is 2. The zero-order valence-electron chi connectivity index (χ0n) is 36.1. The second-order valence-corrected chi connectivity index (χ2v) is 19.1. The molecule has 0 bridgehead atoms. The van der Waals surface area contributed by atoms with Gasteiger partial charge >= 0.3 is 0 Å². The molecule has 6 aromatic rings. The molecule has 4 heterocycles. The number of hydrogen-bond acceptors (Lipinski definition) is 4. The highest BCUT2D eigenvalue weighted by atomic mass is 19.1. The third-order valence-corrected chi connectivity index (χ3v) is 15.4. The molecule has 4 aromatic heterocycles. The summed E-state index contributed by atoms with van der Waals surface area (Å²) in [6.07, 6.45) is 28.7. The first-order chi connectivity index (χ1) is 30.1. The number of aromatic amines is 2. The fraction of sp³-hybridized carbons (Fsp3) is 0.385. The van der Waals surface area contributed by atoms with Gasteiger partial charge in [-0.15, -0.1) is 0 Å². The minimum absolute atomic E-state index is 0.0485. The Morgan fingerprint density at radius 2 is 0.984 bits per heavy atom. The van der Waals surface area contributed by atoms with Crippen LogP contribution < -0.4 is 0 Å². The second kappa shape index (κ2) is 14.9. The standard InChI is InChI=1S/2C26H27FN4/c2*1-16-14-28-25(30-16)22-4-3-5-23-21(22)11-6-18-12-24-17(13-26(18,23)2)15-29-31(24)20-9-7-19(27)8-10-20/h2*5,7-10,12,14-15,21-22H,3-4,6,11,13H2,1-2H3,(H,28,30)/t21-,22+,26+;21-,22-,26+/m11/s1. The van der Waals surface area contributed by atoms with Crippen molar-refractivity contribution in [1.82, 2.24) is 39.5 Å². The summed E-state index contributed by atoms with van der Waals surface area (Å²) >= 11 is 0. The normalized spacial score (nSPS) is 27.1. The van der Waals surface area contributed by atoms with Gasteiger partial charge in [-0.25, -0.2) is 28.1 Å². The molecule has 12 rings (SSSR count). The molecule has 8 nitrogen and oxygen atoms in total. The lowest BCUT2D eigenvalue weighted by Crippen LogP contribution is -2.39. The van der Waals surface area contributed by atoms with E-state index in [1.807, 2.05) is 34.2 Å². The lowest BCUT2D eigenvalue weighted by molar-refractivity contribution is 0.276. The largest absolute Gasteiger partial charge is 0.346 e. The van der Waals surface area contributed by atoms with E-state index in [0.29, 0.717) is 23.7 Å². The van der Waals surface area contributed by atoms with Crippen molar-refractivity contribution in [3.05, 3.63) is 165 Å². The van der Waals surface area contributed by atoms with E-state index < -0.39 is 0 Å². The lowest BCUT2D eigenvalue weighted by Gasteiger charge is -2.49. The quantitative estimate of drug-likeness (QED) is 0.173. The number of rotatable bonds is 4. The Hall–Kier alpha value is -5.90. The monoisotopic (exact) mass is 828 g/mol. The Balaban J connectivity index is 0.000000139. The number of imidazole rings is 2. The van der Waals surface area contributed by atoms with E-state index in [1.165, 1.54) is 59.4 Å². The van der Waals surface area contributed by atoms with Gasteiger partial charge in [0.1, 0.15) is 23.3 Å². The third kappa shape index (κ3) is 6.42. The maximum atomic E-state index is 13.4. The van der Waals surface area contributed by atoms with Crippen LogP contribution in [0.5, 0.6) is 0 Å². The van der Waals surface area contributed by atoms with Gasteiger partial charge in [0.25, 0.3) is 0 Å². The average molecular weight is 829 g/mol. The lowest BCUT2D eigenvalue weighted by atomic mass is 9.55. The van der Waals surface area contributed by atoms with Gasteiger partial charge in [0.2, 0.25) is 0 Å². The van der Waals surface area contributed by atoms with E-state index >= 15 is 0 Å². The highest BCUT2D eigenvalue weighted by Crippen LogP contribution is 2.59. The molecule has 2 saturated carbocycles. The maximum Gasteiger partial charge on any atom is 0.123 e. The van der Waals surface area contributed by atoms with Gasteiger partial charge in [-0.3, -0.25) is 0 Å². The molecular formula is C52H54F2N8. The molecule has 6 atom stereocenters. The molecule has 2 fully saturated rings. The molecule has 2 N–H and O–H groups in total. The molecular weight excluding hydrogens is 775 g/mol. The van der Waals surface area contributed by atoms with Crippen molar-refractivity contribution in [2.45, 2.75) is 104 Å². The number of fused-ring (bicyclic) bond motifs is 8. The Morgan fingerprint density at radius 3 is 1.37 bits per heavy atom. The van der Waals surface area contributed by atoms with Crippen LogP contribution in [0.4, 0.5) is 8.78 Å². The summed E-state index contributed by atoms with van der Waals surface area (Å²) in [4.78, 5) is 16.4. The Bertz CT molecular complexity index is 2620. The van der Waals surface area contributed by atoms with Gasteiger partial charge < -0.3 is 9.97 Å². The molecule has 0 amide bonds. The summed E-state index contributed by atoms with van der Waals surface area (Å²) in [5, 5.41) is 9.34. The summed E-state index contributed by atoms with van der Waals surface area (Å²) in [6, 6.07) is 13.2. The van der Waals surface area contributed by atoms with Gasteiger partial charge in [0.05, 0.1) is 35.2 Å². The Morgan fingerprint density at radius 1 is 0.565 bits per heavy atom. The minimum atomic E-state index is -0.223. The molecule has 0 spiro atoms. The number of nitrogens with one attached hydrogen (secondary N) is 2. The molecule has 0 saturated heterocycles. The number of aromatic nitrogens is 8. The number of halogens is 2. The van der Waals surface area contributed by atoms with Crippen LogP contribution in [0.25, 0.3) is 23.5 Å². The fourth-order valence-electron chi connectivity index (χ4n) is 12.3. The van der Waals surface area contributed by atoms with Gasteiger partial charge in [0.15, 0.2) is 0 Å². The first-order valence-electron chi connectivity index (χ1n) is 22.6. The van der Waals surface area contributed by atoms with Crippen LogP contribution in [0.1, 0.15) is 123 Å². The molecule has 2 aromatic carbocycles. The van der Waals surface area contributed by atoms with Gasteiger partial charge in [0, 0.05) is 46.4 Å². The number of allylic oxidation sites excluding steroid dienone is 6. The average Bonchev–Trinajstić information content (AvgIpc) is 4.10. The van der Waals surface area contributed by atoms with E-state index in [4.69, 9.17) is 9.97 Å². The molecule has 6 aliphatic carbocycles. The van der Waals surface area contributed by atoms with Gasteiger partial charge in [-0.2, -0.15) is 10.2 Å². The molecule has 0 radical (unpaired) electrons. The van der Waals surface area contributed by atoms with Crippen molar-refractivity contribution in [2.24, 2.45) is 22.7 Å². The summed E-state index contributed by atoms with van der Waals surface area (Å²) in [5.41, 5.74) is 15.2. The highest BCUT2D eigenvalue weighted by molar-refractivity contribution is 5.65. The number of nitrogens with zero attached hydrogens (tertiary/aromatic N) is 6. The zero-order chi connectivity index (χ0) is 42.3. The smallest absolute Gasteiger partial charge is 0.123 e. The van der Waals surface area contributed by atoms with Crippen LogP contribution in [0.3, 0.4) is 0 Å². The summed E-state index contributed by atoms with van der Waals surface area (Å²) in [6.45, 7) is 9.01. The van der Waals surface area contributed by atoms with Crippen LogP contribution in [0.2, 0.25) is 0 Å². The van der Waals surface area contributed by atoms with Crippen molar-refractivity contribution in [2.75, 3.05) is 0 Å². The van der Waals surface area contributed by atoms with E-state index in [1.54, 1.807) is 35.4 Å². The summed E-state index contributed by atoms with van der Waals surface area (Å²) < 4.78 is 30.7. The first kappa shape index (κ1) is 39.0. The van der Waals surface area contributed by atoms with E-state index in [9.17, 15) is 8.78 Å².